The highest BCUT2D eigenvalue weighted by atomic mass is 32.2. The highest BCUT2D eigenvalue weighted by molar-refractivity contribution is 7.92. The maximum absolute atomic E-state index is 12.7. The average Bonchev–Trinajstić information content (AvgIpc) is 2.46. The molecule has 0 bridgehead atoms. The van der Waals surface area contributed by atoms with Gasteiger partial charge in [-0.25, -0.2) is 18.2 Å². The standard InChI is InChI=1S/C16H24N2O4S/c1-12-7-8-14(17-10-12)23(20,21)13-6-5-9-18(11-13)15(19)22-16(2,3)4/h7-8,10,13H,5-6,9,11H2,1-4H3/t13-/m1/s1. The van der Waals surface area contributed by atoms with Crippen LogP contribution in [0.15, 0.2) is 23.4 Å². The Kier molecular flexibility index (Phi) is 4.98. The van der Waals surface area contributed by atoms with Gasteiger partial charge in [-0.3, -0.25) is 0 Å². The van der Waals surface area contributed by atoms with Crippen LogP contribution in [0.25, 0.3) is 0 Å². The Morgan fingerprint density at radius 1 is 1.35 bits per heavy atom. The molecule has 1 aliphatic rings. The van der Waals surface area contributed by atoms with E-state index in [0.29, 0.717) is 19.4 Å². The third-order valence-electron chi connectivity index (χ3n) is 3.64. The van der Waals surface area contributed by atoms with Gasteiger partial charge in [0.15, 0.2) is 14.9 Å². The van der Waals surface area contributed by atoms with E-state index < -0.39 is 26.8 Å². The van der Waals surface area contributed by atoms with E-state index in [9.17, 15) is 13.2 Å². The summed E-state index contributed by atoms with van der Waals surface area (Å²) in [7, 11) is -3.55. The van der Waals surface area contributed by atoms with Crippen LogP contribution in [0.5, 0.6) is 0 Å². The van der Waals surface area contributed by atoms with Crippen LogP contribution in [0.4, 0.5) is 4.79 Å². The van der Waals surface area contributed by atoms with Crippen molar-refractivity contribution < 1.29 is 17.9 Å². The number of aromatic nitrogens is 1. The van der Waals surface area contributed by atoms with Crippen LogP contribution in [-0.2, 0) is 14.6 Å². The molecule has 0 N–H and O–H groups in total. The first-order valence-corrected chi connectivity index (χ1v) is 9.29. The van der Waals surface area contributed by atoms with Gasteiger partial charge in [0, 0.05) is 19.3 Å². The molecule has 1 aromatic heterocycles. The maximum atomic E-state index is 12.7. The van der Waals surface area contributed by atoms with Crippen molar-refractivity contribution in [3.05, 3.63) is 23.9 Å². The lowest BCUT2D eigenvalue weighted by atomic mass is 10.1. The van der Waals surface area contributed by atoms with Crippen LogP contribution in [0.1, 0.15) is 39.2 Å². The molecule has 7 heteroatoms. The molecule has 23 heavy (non-hydrogen) atoms. The molecule has 2 rings (SSSR count). The monoisotopic (exact) mass is 340 g/mol. The van der Waals surface area contributed by atoms with Gasteiger partial charge >= 0.3 is 6.09 Å². The fraction of sp³-hybridized carbons (Fsp3) is 0.625. The van der Waals surface area contributed by atoms with Crippen molar-refractivity contribution in [2.24, 2.45) is 0 Å². The second kappa shape index (κ2) is 6.47. The number of carbonyl (C=O) groups excluding carboxylic acids is 1. The fourth-order valence-corrected chi connectivity index (χ4v) is 4.13. The van der Waals surface area contributed by atoms with Crippen molar-refractivity contribution in [1.29, 1.82) is 0 Å². The normalized spacial score (nSPS) is 19.5. The number of carbonyl (C=O) groups is 1. The quantitative estimate of drug-likeness (QED) is 0.827. The minimum Gasteiger partial charge on any atom is -0.444 e. The lowest BCUT2D eigenvalue weighted by Gasteiger charge is -2.33. The summed E-state index contributed by atoms with van der Waals surface area (Å²) in [5, 5.41) is -0.571. The van der Waals surface area contributed by atoms with Crippen LogP contribution in [-0.4, -0.2) is 48.3 Å². The van der Waals surface area contributed by atoms with E-state index in [-0.39, 0.29) is 11.6 Å². The molecule has 1 fully saturated rings. The summed E-state index contributed by atoms with van der Waals surface area (Å²) in [5.74, 6) is 0. The highest BCUT2D eigenvalue weighted by Gasteiger charge is 2.35. The number of amides is 1. The van der Waals surface area contributed by atoms with Gasteiger partial charge in [-0.2, -0.15) is 0 Å². The lowest BCUT2D eigenvalue weighted by molar-refractivity contribution is 0.0219. The molecule has 0 aliphatic carbocycles. The molecule has 1 atom stereocenters. The number of hydrogen-bond acceptors (Lipinski definition) is 5. The number of piperidine rings is 1. The number of hydrogen-bond donors (Lipinski definition) is 0. The van der Waals surface area contributed by atoms with Gasteiger partial charge < -0.3 is 9.64 Å². The van der Waals surface area contributed by atoms with E-state index in [4.69, 9.17) is 4.74 Å². The summed E-state index contributed by atoms with van der Waals surface area (Å²) in [6.07, 6.45) is 2.24. The molecular formula is C16H24N2O4S. The van der Waals surface area contributed by atoms with Crippen LogP contribution in [0, 0.1) is 6.92 Å². The summed E-state index contributed by atoms with van der Waals surface area (Å²) in [6.45, 7) is 7.89. The van der Waals surface area contributed by atoms with E-state index >= 15 is 0 Å². The van der Waals surface area contributed by atoms with E-state index in [1.807, 2.05) is 6.92 Å². The predicted octanol–water partition coefficient (Wildman–Crippen LogP) is 2.56. The predicted molar refractivity (Wildman–Crippen MR) is 87.0 cm³/mol. The number of aryl methyl sites for hydroxylation is 1. The van der Waals surface area contributed by atoms with Gasteiger partial charge in [0.2, 0.25) is 0 Å². The number of nitrogens with zero attached hydrogens (tertiary/aromatic N) is 2. The molecule has 2 heterocycles. The zero-order valence-electron chi connectivity index (χ0n) is 14.1. The SMILES string of the molecule is Cc1ccc(S(=O)(=O)[C@@H]2CCCN(C(=O)OC(C)(C)C)C2)nc1. The summed E-state index contributed by atoms with van der Waals surface area (Å²) >= 11 is 0. The third-order valence-corrected chi connectivity index (χ3v) is 5.73. The topological polar surface area (TPSA) is 76.6 Å². The molecule has 128 valence electrons. The summed E-state index contributed by atoms with van der Waals surface area (Å²) in [6, 6.07) is 3.26. The van der Waals surface area contributed by atoms with Crippen molar-refractivity contribution in [2.75, 3.05) is 13.1 Å². The first-order chi connectivity index (χ1) is 10.6. The number of rotatable bonds is 2. The smallest absolute Gasteiger partial charge is 0.410 e. The highest BCUT2D eigenvalue weighted by Crippen LogP contribution is 2.24. The molecule has 0 radical (unpaired) electrons. The van der Waals surface area contributed by atoms with Gasteiger partial charge in [-0.15, -0.1) is 0 Å². The Morgan fingerprint density at radius 2 is 2.04 bits per heavy atom. The molecular weight excluding hydrogens is 316 g/mol. The lowest BCUT2D eigenvalue weighted by Crippen LogP contribution is -2.47. The molecule has 1 saturated heterocycles. The molecule has 1 aromatic rings. The summed E-state index contributed by atoms with van der Waals surface area (Å²) in [5.41, 5.74) is 0.310. The minimum atomic E-state index is -3.55. The fourth-order valence-electron chi connectivity index (χ4n) is 2.48. The maximum Gasteiger partial charge on any atom is 0.410 e. The molecule has 0 spiro atoms. The van der Waals surface area contributed by atoms with Crippen LogP contribution >= 0.6 is 0 Å². The van der Waals surface area contributed by atoms with Crippen LogP contribution < -0.4 is 0 Å². The number of pyridine rings is 1. The Labute approximate surface area is 137 Å². The van der Waals surface area contributed by atoms with E-state index in [1.54, 1.807) is 33.0 Å². The minimum absolute atomic E-state index is 0.0686. The first kappa shape index (κ1) is 17.7. The van der Waals surface area contributed by atoms with Crippen molar-refractivity contribution in [1.82, 2.24) is 9.88 Å². The van der Waals surface area contributed by atoms with Crippen molar-refractivity contribution >= 4 is 15.9 Å². The van der Waals surface area contributed by atoms with Crippen molar-refractivity contribution in [2.45, 2.75) is 56.4 Å². The molecule has 6 nitrogen and oxygen atoms in total. The van der Waals surface area contributed by atoms with Gasteiger partial charge in [-0.1, -0.05) is 6.07 Å². The Morgan fingerprint density at radius 3 is 2.61 bits per heavy atom. The second-order valence-electron chi connectivity index (χ2n) is 6.91. The molecule has 1 amide bonds. The third kappa shape index (κ3) is 4.43. The largest absolute Gasteiger partial charge is 0.444 e. The van der Waals surface area contributed by atoms with E-state index in [2.05, 4.69) is 4.98 Å². The van der Waals surface area contributed by atoms with Crippen molar-refractivity contribution in [3.8, 4) is 0 Å². The zero-order valence-corrected chi connectivity index (χ0v) is 14.9. The number of ether oxygens (including phenoxy) is 1. The molecule has 1 aliphatic heterocycles. The first-order valence-electron chi connectivity index (χ1n) is 7.74. The number of sulfone groups is 1. The zero-order chi connectivity index (χ0) is 17.3. The van der Waals surface area contributed by atoms with Gasteiger partial charge in [-0.05, 0) is 52.2 Å². The summed E-state index contributed by atoms with van der Waals surface area (Å²) < 4.78 is 30.8. The second-order valence-corrected chi connectivity index (χ2v) is 9.08. The Bertz CT molecular complexity index is 662. The van der Waals surface area contributed by atoms with Crippen LogP contribution in [0.2, 0.25) is 0 Å². The van der Waals surface area contributed by atoms with Gasteiger partial charge in [0.1, 0.15) is 5.60 Å². The van der Waals surface area contributed by atoms with E-state index in [1.165, 1.54) is 11.0 Å². The molecule has 0 unspecified atom stereocenters. The van der Waals surface area contributed by atoms with Crippen LogP contribution in [0.3, 0.4) is 0 Å². The summed E-state index contributed by atoms with van der Waals surface area (Å²) in [4.78, 5) is 17.7. The van der Waals surface area contributed by atoms with Gasteiger partial charge in [0.05, 0.1) is 5.25 Å². The molecule has 0 saturated carbocycles. The molecule has 0 aromatic carbocycles. The Hall–Kier alpha value is -1.63. The Balaban J connectivity index is 2.14. The van der Waals surface area contributed by atoms with Gasteiger partial charge in [0.25, 0.3) is 0 Å². The number of likely N-dealkylation sites (tertiary alicyclic amines) is 1. The van der Waals surface area contributed by atoms with E-state index in [0.717, 1.165) is 5.56 Å². The van der Waals surface area contributed by atoms with Crippen molar-refractivity contribution in [3.63, 3.8) is 0 Å². The average molecular weight is 340 g/mol.